The van der Waals surface area contributed by atoms with E-state index in [4.69, 9.17) is 32.7 Å². The van der Waals surface area contributed by atoms with Crippen LogP contribution in [0.5, 0.6) is 11.5 Å². The van der Waals surface area contributed by atoms with Crippen LogP contribution in [0.3, 0.4) is 0 Å². The fourth-order valence-electron chi connectivity index (χ4n) is 3.75. The first-order valence-electron chi connectivity index (χ1n) is 10.8. The van der Waals surface area contributed by atoms with Crippen LogP contribution in [0, 0.1) is 0 Å². The highest BCUT2D eigenvalue weighted by Crippen LogP contribution is 2.39. The number of benzene rings is 3. The summed E-state index contributed by atoms with van der Waals surface area (Å²) < 4.78 is 39.8. The van der Waals surface area contributed by atoms with Crippen molar-refractivity contribution in [2.24, 2.45) is 7.05 Å². The van der Waals surface area contributed by atoms with E-state index >= 15 is 0 Å². The summed E-state index contributed by atoms with van der Waals surface area (Å²) in [5.74, 6) is 0.734. The lowest BCUT2D eigenvalue weighted by atomic mass is 9.99. The van der Waals surface area contributed by atoms with Gasteiger partial charge in [-0.1, -0.05) is 41.4 Å². The minimum atomic E-state index is -4.27. The van der Waals surface area contributed by atoms with Crippen LogP contribution < -0.4 is 13.8 Å². The van der Waals surface area contributed by atoms with Gasteiger partial charge in [-0.3, -0.25) is 4.31 Å². The van der Waals surface area contributed by atoms with Crippen molar-refractivity contribution in [1.82, 2.24) is 20.2 Å². The molecule has 1 heterocycles. The van der Waals surface area contributed by atoms with E-state index in [-0.39, 0.29) is 34.3 Å². The lowest BCUT2D eigenvalue weighted by Gasteiger charge is -2.28. The zero-order valence-corrected chi connectivity index (χ0v) is 22.4. The second kappa shape index (κ2) is 10.9. The SMILES string of the molecule is COc1ccc(S(=O)(=O)N(Cc2nnn(C)n2)c2ccc(Cl)cc2C(O)c2ccccc2Cl)cc1OC. The first-order valence-corrected chi connectivity index (χ1v) is 13.0. The molecule has 0 radical (unpaired) electrons. The molecule has 0 aliphatic carbocycles. The third kappa shape index (κ3) is 5.49. The number of halogens is 2. The summed E-state index contributed by atoms with van der Waals surface area (Å²) in [4.78, 5) is 1.14. The van der Waals surface area contributed by atoms with Crippen molar-refractivity contribution in [2.75, 3.05) is 18.5 Å². The zero-order chi connectivity index (χ0) is 26.7. The fourth-order valence-corrected chi connectivity index (χ4v) is 5.64. The van der Waals surface area contributed by atoms with Crippen molar-refractivity contribution in [3.05, 3.63) is 87.7 Å². The maximum Gasteiger partial charge on any atom is 0.264 e. The predicted octanol–water partition coefficient (Wildman–Crippen LogP) is 4.01. The van der Waals surface area contributed by atoms with Gasteiger partial charge in [-0.15, -0.1) is 10.2 Å². The van der Waals surface area contributed by atoms with Gasteiger partial charge in [0, 0.05) is 27.2 Å². The molecule has 0 bridgehead atoms. The zero-order valence-electron chi connectivity index (χ0n) is 20.0. The number of methoxy groups -OCH3 is 2. The second-order valence-corrected chi connectivity index (χ2v) is 10.6. The van der Waals surface area contributed by atoms with E-state index in [0.717, 1.165) is 4.31 Å². The lowest BCUT2D eigenvalue weighted by molar-refractivity contribution is 0.221. The predicted molar refractivity (Wildman–Crippen MR) is 139 cm³/mol. The van der Waals surface area contributed by atoms with E-state index in [1.807, 2.05) is 0 Å². The van der Waals surface area contributed by atoms with E-state index in [9.17, 15) is 13.5 Å². The lowest BCUT2D eigenvalue weighted by Crippen LogP contribution is -2.32. The Bertz CT molecular complexity index is 1530. The van der Waals surface area contributed by atoms with Crippen LogP contribution in [0.4, 0.5) is 5.69 Å². The van der Waals surface area contributed by atoms with Crippen LogP contribution in [0.2, 0.25) is 10.0 Å². The van der Waals surface area contributed by atoms with E-state index in [2.05, 4.69) is 15.4 Å². The van der Waals surface area contributed by atoms with Gasteiger partial charge >= 0.3 is 0 Å². The normalized spacial score (nSPS) is 12.3. The smallest absolute Gasteiger partial charge is 0.264 e. The van der Waals surface area contributed by atoms with Crippen molar-refractivity contribution in [2.45, 2.75) is 17.5 Å². The molecule has 194 valence electrons. The van der Waals surface area contributed by atoms with Gasteiger partial charge in [-0.25, -0.2) is 8.42 Å². The van der Waals surface area contributed by atoms with Crippen LogP contribution in [0.15, 0.2) is 65.6 Å². The number of tetrazole rings is 1. The fraction of sp³-hybridized carbons (Fsp3) is 0.208. The highest BCUT2D eigenvalue weighted by atomic mass is 35.5. The Morgan fingerprint density at radius 1 is 1.00 bits per heavy atom. The number of anilines is 1. The van der Waals surface area contributed by atoms with Gasteiger partial charge in [0.2, 0.25) is 0 Å². The molecule has 1 unspecified atom stereocenters. The molecule has 1 N–H and O–H groups in total. The molecule has 13 heteroatoms. The number of sulfonamides is 1. The van der Waals surface area contributed by atoms with E-state index < -0.39 is 16.1 Å². The first-order chi connectivity index (χ1) is 17.6. The minimum absolute atomic E-state index is 0.0813. The van der Waals surface area contributed by atoms with E-state index in [0.29, 0.717) is 21.4 Å². The molecule has 0 saturated carbocycles. The summed E-state index contributed by atoms with van der Waals surface area (Å²) in [6.45, 7) is -0.283. The summed E-state index contributed by atoms with van der Waals surface area (Å²) >= 11 is 12.6. The molecule has 0 amide bonds. The summed E-state index contributed by atoms with van der Waals surface area (Å²) in [6, 6.07) is 15.5. The third-order valence-corrected chi connectivity index (χ3v) is 7.87. The monoisotopic (exact) mass is 563 g/mol. The second-order valence-electron chi connectivity index (χ2n) is 7.85. The molecule has 37 heavy (non-hydrogen) atoms. The Morgan fingerprint density at radius 3 is 2.38 bits per heavy atom. The molecule has 0 aliphatic heterocycles. The number of hydrogen-bond donors (Lipinski definition) is 1. The minimum Gasteiger partial charge on any atom is -0.493 e. The van der Waals surface area contributed by atoms with Crippen LogP contribution in [-0.4, -0.2) is 48.0 Å². The molecule has 10 nitrogen and oxygen atoms in total. The van der Waals surface area contributed by atoms with E-state index in [1.54, 1.807) is 31.3 Å². The highest BCUT2D eigenvalue weighted by Gasteiger charge is 2.31. The molecular formula is C24H23Cl2N5O5S. The van der Waals surface area contributed by atoms with Gasteiger partial charge in [-0.2, -0.15) is 4.80 Å². The molecular weight excluding hydrogens is 541 g/mol. The molecule has 0 aliphatic rings. The summed E-state index contributed by atoms with van der Waals surface area (Å²) in [6.07, 6.45) is -1.29. The van der Waals surface area contributed by atoms with Gasteiger partial charge in [0.15, 0.2) is 17.3 Å². The Labute approximate surface area is 224 Å². The Morgan fingerprint density at radius 2 is 1.73 bits per heavy atom. The number of hydrogen-bond acceptors (Lipinski definition) is 8. The maximum atomic E-state index is 14.1. The van der Waals surface area contributed by atoms with Crippen molar-refractivity contribution in [3.63, 3.8) is 0 Å². The topological polar surface area (TPSA) is 120 Å². The number of ether oxygens (including phenoxy) is 2. The molecule has 4 aromatic rings. The van der Waals surface area contributed by atoms with Gasteiger partial charge in [0.1, 0.15) is 6.10 Å². The largest absolute Gasteiger partial charge is 0.493 e. The molecule has 1 atom stereocenters. The van der Waals surface area contributed by atoms with Gasteiger partial charge in [0.25, 0.3) is 10.0 Å². The maximum absolute atomic E-state index is 14.1. The van der Waals surface area contributed by atoms with Crippen molar-refractivity contribution in [3.8, 4) is 11.5 Å². The average molecular weight is 564 g/mol. The molecule has 0 fully saturated rings. The van der Waals surface area contributed by atoms with Crippen LogP contribution in [0.25, 0.3) is 0 Å². The van der Waals surface area contributed by atoms with Gasteiger partial charge in [-0.05, 0) is 41.6 Å². The standard InChI is InChI=1S/C24H23Cl2N5O5S/c1-30-28-23(27-29-30)14-31(37(33,34)16-9-11-21(35-2)22(13-16)36-3)20-10-8-15(25)12-18(20)24(32)17-6-4-5-7-19(17)26/h4-13,24,32H,14H2,1-3H3. The molecule has 0 saturated heterocycles. The highest BCUT2D eigenvalue weighted by molar-refractivity contribution is 7.92. The van der Waals surface area contributed by atoms with Gasteiger partial charge < -0.3 is 14.6 Å². The number of nitrogens with zero attached hydrogens (tertiary/aromatic N) is 5. The Hall–Kier alpha value is -3.38. The van der Waals surface area contributed by atoms with Crippen molar-refractivity contribution in [1.29, 1.82) is 0 Å². The number of rotatable bonds is 9. The molecule has 4 rings (SSSR count). The third-order valence-electron chi connectivity index (χ3n) is 5.53. The molecule has 1 aromatic heterocycles. The number of aryl methyl sites for hydroxylation is 1. The number of aromatic nitrogens is 4. The van der Waals surface area contributed by atoms with Crippen molar-refractivity contribution < 1.29 is 23.0 Å². The number of aliphatic hydroxyl groups is 1. The first kappa shape index (κ1) is 26.7. The molecule has 0 spiro atoms. The number of aliphatic hydroxyl groups excluding tert-OH is 1. The van der Waals surface area contributed by atoms with Crippen LogP contribution in [0.1, 0.15) is 23.1 Å². The quantitative estimate of drug-likeness (QED) is 0.324. The summed E-state index contributed by atoms with van der Waals surface area (Å²) in [5.41, 5.74) is 0.751. The Kier molecular flexibility index (Phi) is 7.88. The van der Waals surface area contributed by atoms with Crippen LogP contribution >= 0.6 is 23.2 Å². The van der Waals surface area contributed by atoms with Crippen molar-refractivity contribution >= 4 is 38.9 Å². The molecule has 3 aromatic carbocycles. The Balaban J connectivity index is 1.91. The van der Waals surface area contributed by atoms with E-state index in [1.165, 1.54) is 55.4 Å². The summed E-state index contributed by atoms with van der Waals surface area (Å²) in [7, 11) is 0.162. The van der Waals surface area contributed by atoms with Crippen LogP contribution in [-0.2, 0) is 23.6 Å². The average Bonchev–Trinajstić information content (AvgIpc) is 3.31. The summed E-state index contributed by atoms with van der Waals surface area (Å²) in [5, 5.41) is 23.8. The van der Waals surface area contributed by atoms with Gasteiger partial charge in [0.05, 0.1) is 38.4 Å².